The van der Waals surface area contributed by atoms with Crippen LogP contribution in [-0.4, -0.2) is 53.0 Å². The van der Waals surface area contributed by atoms with Crippen molar-refractivity contribution in [3.63, 3.8) is 0 Å². The summed E-state index contributed by atoms with van der Waals surface area (Å²) in [6.45, 7) is 8.59. The second-order valence-electron chi connectivity index (χ2n) is 4.78. The van der Waals surface area contributed by atoms with Crippen LogP contribution in [0.4, 0.5) is 0 Å². The van der Waals surface area contributed by atoms with Crippen molar-refractivity contribution in [3.8, 4) is 0 Å². The van der Waals surface area contributed by atoms with Crippen LogP contribution in [0.15, 0.2) is 6.33 Å². The predicted octanol–water partition coefficient (Wildman–Crippen LogP) is -0.118. The number of imidazole rings is 1. The number of rotatable bonds is 6. The highest BCUT2D eigenvalue weighted by atomic mass is 16.2. The zero-order valence-corrected chi connectivity index (χ0v) is 11.7. The summed E-state index contributed by atoms with van der Waals surface area (Å²) in [5, 5.41) is 6.22. The number of nitrogens with zero attached hydrogens (tertiary/aromatic N) is 2. The number of amides is 1. The van der Waals surface area contributed by atoms with Crippen LogP contribution in [0.25, 0.3) is 0 Å². The fourth-order valence-corrected chi connectivity index (χ4v) is 2.35. The summed E-state index contributed by atoms with van der Waals surface area (Å²) in [6.07, 6.45) is 2.35. The van der Waals surface area contributed by atoms with E-state index in [1.807, 2.05) is 0 Å². The van der Waals surface area contributed by atoms with Gasteiger partial charge >= 0.3 is 0 Å². The number of fused-ring (bicyclic) bond motifs is 1. The van der Waals surface area contributed by atoms with E-state index in [2.05, 4.69) is 39.3 Å². The van der Waals surface area contributed by atoms with E-state index in [9.17, 15) is 4.79 Å². The van der Waals surface area contributed by atoms with Crippen LogP contribution in [0.5, 0.6) is 0 Å². The molecule has 1 unspecified atom stereocenters. The Labute approximate surface area is 114 Å². The molecule has 1 aliphatic rings. The first-order valence-corrected chi connectivity index (χ1v) is 6.99. The number of aromatic nitrogens is 2. The number of hydrogen-bond donors (Lipinski definition) is 3. The Morgan fingerprint density at radius 1 is 1.53 bits per heavy atom. The van der Waals surface area contributed by atoms with Gasteiger partial charge in [0.15, 0.2) is 0 Å². The van der Waals surface area contributed by atoms with Crippen LogP contribution in [0.3, 0.4) is 0 Å². The second kappa shape index (κ2) is 6.68. The summed E-state index contributed by atoms with van der Waals surface area (Å²) < 4.78 is 0. The predicted molar refractivity (Wildman–Crippen MR) is 73.7 cm³/mol. The van der Waals surface area contributed by atoms with E-state index in [1.165, 1.54) is 0 Å². The van der Waals surface area contributed by atoms with E-state index >= 15 is 0 Å². The Morgan fingerprint density at radius 2 is 2.32 bits per heavy atom. The minimum atomic E-state index is -0.160. The summed E-state index contributed by atoms with van der Waals surface area (Å²) in [5.74, 6) is 0.0702. The van der Waals surface area contributed by atoms with Gasteiger partial charge in [-0.1, -0.05) is 13.8 Å². The molecule has 0 saturated carbocycles. The van der Waals surface area contributed by atoms with Gasteiger partial charge in [0.25, 0.3) is 0 Å². The third-order valence-corrected chi connectivity index (χ3v) is 3.67. The first kappa shape index (κ1) is 14.0. The first-order chi connectivity index (χ1) is 9.24. The molecule has 1 amide bonds. The number of aromatic amines is 1. The van der Waals surface area contributed by atoms with Crippen LogP contribution >= 0.6 is 0 Å². The van der Waals surface area contributed by atoms with Crippen LogP contribution in [0.2, 0.25) is 0 Å². The lowest BCUT2D eigenvalue weighted by Crippen LogP contribution is -2.49. The molecule has 6 heteroatoms. The molecule has 2 rings (SSSR count). The highest BCUT2D eigenvalue weighted by Crippen LogP contribution is 2.11. The maximum Gasteiger partial charge on any atom is 0.237 e. The summed E-state index contributed by atoms with van der Waals surface area (Å²) in [7, 11) is 0. The average Bonchev–Trinajstić information content (AvgIpc) is 2.90. The van der Waals surface area contributed by atoms with Crippen molar-refractivity contribution < 1.29 is 4.79 Å². The third-order valence-electron chi connectivity index (χ3n) is 3.67. The number of carbonyl (C=O) groups excluding carboxylic acids is 1. The topological polar surface area (TPSA) is 73.0 Å². The Balaban J connectivity index is 1.75. The van der Waals surface area contributed by atoms with Crippen molar-refractivity contribution in [1.29, 1.82) is 0 Å². The third kappa shape index (κ3) is 3.54. The standard InChI is InChI=1S/C13H23N5O/c1-3-18(4-2)6-5-14-13(19)11-7-10-12(8-15-11)17-9-16-10/h9,11,15H,3-8H2,1-2H3,(H,14,19)(H,16,17). The zero-order valence-electron chi connectivity index (χ0n) is 11.7. The molecule has 2 heterocycles. The largest absolute Gasteiger partial charge is 0.353 e. The van der Waals surface area contributed by atoms with E-state index in [0.29, 0.717) is 19.5 Å². The number of likely N-dealkylation sites (N-methyl/N-ethyl adjacent to an activating group) is 1. The van der Waals surface area contributed by atoms with E-state index in [4.69, 9.17) is 0 Å². The van der Waals surface area contributed by atoms with Crippen molar-refractivity contribution in [2.75, 3.05) is 26.2 Å². The van der Waals surface area contributed by atoms with Gasteiger partial charge in [-0.15, -0.1) is 0 Å². The molecule has 6 nitrogen and oxygen atoms in total. The van der Waals surface area contributed by atoms with Crippen LogP contribution in [-0.2, 0) is 17.8 Å². The van der Waals surface area contributed by atoms with Crippen LogP contribution < -0.4 is 10.6 Å². The molecular weight excluding hydrogens is 242 g/mol. The zero-order chi connectivity index (χ0) is 13.7. The fourth-order valence-electron chi connectivity index (χ4n) is 2.35. The van der Waals surface area contributed by atoms with Crippen molar-refractivity contribution in [2.45, 2.75) is 32.9 Å². The van der Waals surface area contributed by atoms with Gasteiger partial charge < -0.3 is 15.2 Å². The fraction of sp³-hybridized carbons (Fsp3) is 0.692. The molecular formula is C13H23N5O. The summed E-state index contributed by atoms with van der Waals surface area (Å²) in [5.41, 5.74) is 2.09. The van der Waals surface area contributed by atoms with E-state index in [-0.39, 0.29) is 11.9 Å². The monoisotopic (exact) mass is 265 g/mol. The number of H-pyrrole nitrogens is 1. The lowest BCUT2D eigenvalue weighted by molar-refractivity contribution is -0.123. The smallest absolute Gasteiger partial charge is 0.237 e. The Bertz CT molecular complexity index is 413. The Morgan fingerprint density at radius 3 is 3.05 bits per heavy atom. The van der Waals surface area contributed by atoms with Gasteiger partial charge in [0, 0.05) is 26.1 Å². The quantitative estimate of drug-likeness (QED) is 0.670. The molecule has 1 aromatic heterocycles. The van der Waals surface area contributed by atoms with Gasteiger partial charge in [0.05, 0.1) is 23.8 Å². The molecule has 0 aliphatic carbocycles. The highest BCUT2D eigenvalue weighted by molar-refractivity contribution is 5.82. The normalized spacial score (nSPS) is 18.4. The lowest BCUT2D eigenvalue weighted by Gasteiger charge is -2.23. The van der Waals surface area contributed by atoms with E-state index < -0.39 is 0 Å². The minimum Gasteiger partial charge on any atom is -0.353 e. The summed E-state index contributed by atoms with van der Waals surface area (Å²) >= 11 is 0. The van der Waals surface area contributed by atoms with Gasteiger partial charge in [-0.05, 0) is 13.1 Å². The summed E-state index contributed by atoms with van der Waals surface area (Å²) in [4.78, 5) is 21.7. The van der Waals surface area contributed by atoms with Crippen LogP contribution in [0, 0.1) is 0 Å². The Hall–Kier alpha value is -1.40. The van der Waals surface area contributed by atoms with Gasteiger partial charge in [0.2, 0.25) is 5.91 Å². The van der Waals surface area contributed by atoms with Crippen molar-refractivity contribution in [3.05, 3.63) is 17.7 Å². The van der Waals surface area contributed by atoms with Crippen molar-refractivity contribution in [2.24, 2.45) is 0 Å². The van der Waals surface area contributed by atoms with E-state index in [1.54, 1.807) is 6.33 Å². The molecule has 19 heavy (non-hydrogen) atoms. The van der Waals surface area contributed by atoms with Crippen LogP contribution in [0.1, 0.15) is 25.2 Å². The number of nitrogens with one attached hydrogen (secondary N) is 3. The van der Waals surface area contributed by atoms with Crippen molar-refractivity contribution >= 4 is 5.91 Å². The number of hydrogen-bond acceptors (Lipinski definition) is 4. The molecule has 3 N–H and O–H groups in total. The first-order valence-electron chi connectivity index (χ1n) is 6.99. The average molecular weight is 265 g/mol. The summed E-state index contributed by atoms with van der Waals surface area (Å²) in [6, 6.07) is -0.160. The maximum atomic E-state index is 12.1. The molecule has 0 radical (unpaired) electrons. The molecule has 1 atom stereocenters. The SMILES string of the molecule is CCN(CC)CCNC(=O)C1Cc2nc[nH]c2CN1. The number of carbonyl (C=O) groups is 1. The Kier molecular flexibility index (Phi) is 4.93. The molecule has 0 spiro atoms. The minimum absolute atomic E-state index is 0.0702. The molecule has 106 valence electrons. The van der Waals surface area contributed by atoms with Gasteiger partial charge in [-0.2, -0.15) is 0 Å². The van der Waals surface area contributed by atoms with Gasteiger partial charge in [-0.3, -0.25) is 10.1 Å². The second-order valence-corrected chi connectivity index (χ2v) is 4.78. The molecule has 0 bridgehead atoms. The molecule has 1 aliphatic heterocycles. The molecule has 1 aromatic rings. The highest BCUT2D eigenvalue weighted by Gasteiger charge is 2.25. The molecule has 0 aromatic carbocycles. The molecule has 0 fully saturated rings. The maximum absolute atomic E-state index is 12.1. The molecule has 0 saturated heterocycles. The van der Waals surface area contributed by atoms with Gasteiger partial charge in [-0.25, -0.2) is 4.98 Å². The van der Waals surface area contributed by atoms with Crippen molar-refractivity contribution in [1.82, 2.24) is 25.5 Å². The van der Waals surface area contributed by atoms with Gasteiger partial charge in [0.1, 0.15) is 0 Å². The van der Waals surface area contributed by atoms with E-state index in [0.717, 1.165) is 31.0 Å². The lowest BCUT2D eigenvalue weighted by atomic mass is 10.0.